The second-order valence-corrected chi connectivity index (χ2v) is 7.48. The summed E-state index contributed by atoms with van der Waals surface area (Å²) in [6, 6.07) is 12.3. The molecule has 3 rings (SSSR count). The number of para-hydroxylation sites is 1. The van der Waals surface area contributed by atoms with Crippen molar-refractivity contribution >= 4 is 27.6 Å². The van der Waals surface area contributed by atoms with Crippen LogP contribution < -0.4 is 4.72 Å². The summed E-state index contributed by atoms with van der Waals surface area (Å²) in [5, 5.41) is 0. The first kappa shape index (κ1) is 17.9. The predicted octanol–water partition coefficient (Wildman–Crippen LogP) is 2.27. The number of ether oxygens (including phenoxy) is 2. The van der Waals surface area contributed by atoms with Crippen LogP contribution in [-0.2, 0) is 24.3 Å². The van der Waals surface area contributed by atoms with Gasteiger partial charge in [-0.1, -0.05) is 18.2 Å². The summed E-state index contributed by atoms with van der Waals surface area (Å²) in [6.07, 6.45) is -0.592. The Kier molecular flexibility index (Phi) is 4.94. The molecule has 2 aromatic carbocycles. The molecule has 0 spiro atoms. The van der Waals surface area contributed by atoms with E-state index in [9.17, 15) is 18.0 Å². The second-order valence-electron chi connectivity index (χ2n) is 5.79. The number of esters is 2. The van der Waals surface area contributed by atoms with Crippen molar-refractivity contribution in [1.29, 1.82) is 0 Å². The summed E-state index contributed by atoms with van der Waals surface area (Å²) in [5.74, 6) is -1.27. The van der Waals surface area contributed by atoms with Gasteiger partial charge in [0.2, 0.25) is 6.10 Å². The largest absolute Gasteiger partial charge is 0.463 e. The molecule has 1 aliphatic heterocycles. The normalized spacial score (nSPS) is 16.8. The maximum atomic E-state index is 12.5. The smallest absolute Gasteiger partial charge is 0.347 e. The molecule has 1 heterocycles. The number of carbonyl (C=O) groups excluding carboxylic acids is 2. The molecule has 8 heteroatoms. The molecule has 1 atom stereocenters. The Hall–Kier alpha value is -2.87. The van der Waals surface area contributed by atoms with Gasteiger partial charge in [0.05, 0.1) is 22.8 Å². The molecule has 1 fully saturated rings. The van der Waals surface area contributed by atoms with Crippen molar-refractivity contribution in [3.8, 4) is 0 Å². The van der Waals surface area contributed by atoms with Crippen molar-refractivity contribution in [2.75, 3.05) is 11.3 Å². The Morgan fingerprint density at radius 2 is 1.85 bits per heavy atom. The third-order valence-corrected chi connectivity index (χ3v) is 5.31. The first-order chi connectivity index (χ1) is 12.4. The topological polar surface area (TPSA) is 98.8 Å². The van der Waals surface area contributed by atoms with Gasteiger partial charge in [-0.2, -0.15) is 0 Å². The van der Waals surface area contributed by atoms with E-state index in [0.717, 1.165) is 5.56 Å². The highest BCUT2D eigenvalue weighted by Crippen LogP contribution is 2.20. The molecular weight excluding hydrogens is 358 g/mol. The van der Waals surface area contributed by atoms with E-state index >= 15 is 0 Å². The maximum Gasteiger partial charge on any atom is 0.347 e. The molecule has 1 N–H and O–H groups in total. The third-order valence-electron chi connectivity index (χ3n) is 3.93. The summed E-state index contributed by atoms with van der Waals surface area (Å²) in [4.78, 5) is 23.4. The zero-order valence-corrected chi connectivity index (χ0v) is 14.8. The van der Waals surface area contributed by atoms with Crippen LogP contribution in [0.1, 0.15) is 22.3 Å². The second kappa shape index (κ2) is 7.17. The van der Waals surface area contributed by atoms with E-state index in [0.29, 0.717) is 12.1 Å². The minimum atomic E-state index is -3.79. The van der Waals surface area contributed by atoms with E-state index in [1.54, 1.807) is 25.1 Å². The summed E-state index contributed by atoms with van der Waals surface area (Å²) >= 11 is 0. The van der Waals surface area contributed by atoms with E-state index in [4.69, 9.17) is 9.47 Å². The van der Waals surface area contributed by atoms with Crippen LogP contribution in [-0.4, -0.2) is 33.1 Å². The molecule has 2 aromatic rings. The number of hydrogen-bond acceptors (Lipinski definition) is 6. The first-order valence-electron chi connectivity index (χ1n) is 7.93. The molecule has 0 unspecified atom stereocenters. The maximum absolute atomic E-state index is 12.5. The van der Waals surface area contributed by atoms with Gasteiger partial charge in [0, 0.05) is 6.42 Å². The average molecular weight is 375 g/mol. The van der Waals surface area contributed by atoms with Gasteiger partial charge < -0.3 is 9.47 Å². The number of sulfonamides is 1. The average Bonchev–Trinajstić information content (AvgIpc) is 3.02. The molecule has 26 heavy (non-hydrogen) atoms. The van der Waals surface area contributed by atoms with E-state index in [-0.39, 0.29) is 17.1 Å². The van der Waals surface area contributed by atoms with Crippen LogP contribution in [0.2, 0.25) is 0 Å². The fraction of sp³-hybridized carbons (Fsp3) is 0.222. The zero-order valence-electron chi connectivity index (χ0n) is 14.0. The number of cyclic esters (lactones) is 1. The molecule has 0 bridgehead atoms. The monoisotopic (exact) mass is 375 g/mol. The van der Waals surface area contributed by atoms with E-state index < -0.39 is 28.1 Å². The van der Waals surface area contributed by atoms with Gasteiger partial charge in [-0.15, -0.1) is 0 Å². The van der Waals surface area contributed by atoms with E-state index in [1.165, 1.54) is 24.3 Å². The summed E-state index contributed by atoms with van der Waals surface area (Å²) < 4.78 is 37.2. The number of anilines is 1. The standard InChI is InChI=1S/C18H17NO6S/c1-12-4-2-3-5-15(12)19-26(22,23)14-8-6-13(7-9-14)17(20)25-16-10-11-24-18(16)21/h2-9,16,19H,10-11H2,1H3/t16-/m1/s1. The highest BCUT2D eigenvalue weighted by molar-refractivity contribution is 7.92. The molecule has 0 saturated carbocycles. The molecule has 0 aromatic heterocycles. The zero-order chi connectivity index (χ0) is 18.7. The minimum Gasteiger partial charge on any atom is -0.463 e. The highest BCUT2D eigenvalue weighted by atomic mass is 32.2. The SMILES string of the molecule is Cc1ccccc1NS(=O)(=O)c1ccc(C(=O)O[C@@H]2CCOC2=O)cc1. The van der Waals surface area contributed by atoms with Crippen molar-refractivity contribution in [3.05, 3.63) is 59.7 Å². The molecule has 136 valence electrons. The Bertz CT molecular complexity index is 936. The van der Waals surface area contributed by atoms with Crippen LogP contribution >= 0.6 is 0 Å². The van der Waals surface area contributed by atoms with Gasteiger partial charge in [-0.25, -0.2) is 18.0 Å². The summed E-state index contributed by atoms with van der Waals surface area (Å²) in [7, 11) is -3.79. The number of carbonyl (C=O) groups is 2. The third kappa shape index (κ3) is 3.85. The lowest BCUT2D eigenvalue weighted by atomic mass is 10.2. The molecule has 1 aliphatic rings. The summed E-state index contributed by atoms with van der Waals surface area (Å²) in [5.41, 5.74) is 1.43. The Balaban J connectivity index is 1.73. The van der Waals surface area contributed by atoms with Crippen LogP contribution in [0, 0.1) is 6.92 Å². The van der Waals surface area contributed by atoms with Gasteiger partial charge in [0.25, 0.3) is 10.0 Å². The van der Waals surface area contributed by atoms with Crippen molar-refractivity contribution in [3.63, 3.8) is 0 Å². The molecule has 1 saturated heterocycles. The predicted molar refractivity (Wildman–Crippen MR) is 93.2 cm³/mol. The van der Waals surface area contributed by atoms with Gasteiger partial charge in [-0.05, 0) is 42.8 Å². The lowest BCUT2D eigenvalue weighted by molar-refractivity contribution is -0.145. The van der Waals surface area contributed by atoms with Crippen molar-refractivity contribution in [2.24, 2.45) is 0 Å². The Morgan fingerprint density at radius 3 is 2.46 bits per heavy atom. The number of nitrogens with one attached hydrogen (secondary N) is 1. The van der Waals surface area contributed by atoms with Crippen LogP contribution in [0.5, 0.6) is 0 Å². The van der Waals surface area contributed by atoms with Crippen molar-refractivity contribution in [1.82, 2.24) is 0 Å². The number of hydrogen-bond donors (Lipinski definition) is 1. The van der Waals surface area contributed by atoms with E-state index in [2.05, 4.69) is 4.72 Å². The van der Waals surface area contributed by atoms with Crippen LogP contribution in [0.15, 0.2) is 53.4 Å². The minimum absolute atomic E-state index is 0.0116. The fourth-order valence-electron chi connectivity index (χ4n) is 2.44. The van der Waals surface area contributed by atoms with Crippen molar-refractivity contribution < 1.29 is 27.5 Å². The molecule has 0 radical (unpaired) electrons. The number of aryl methyl sites for hydroxylation is 1. The lowest BCUT2D eigenvalue weighted by Crippen LogP contribution is -2.22. The molecule has 7 nitrogen and oxygen atoms in total. The van der Waals surface area contributed by atoms with E-state index in [1.807, 2.05) is 6.07 Å². The quantitative estimate of drug-likeness (QED) is 0.805. The number of rotatable bonds is 5. The Labute approximate surface area is 151 Å². The van der Waals surface area contributed by atoms with Crippen molar-refractivity contribution in [2.45, 2.75) is 24.3 Å². The Morgan fingerprint density at radius 1 is 1.15 bits per heavy atom. The van der Waals surface area contributed by atoms with Gasteiger partial charge in [0.15, 0.2) is 0 Å². The molecule has 0 amide bonds. The van der Waals surface area contributed by atoms with Crippen LogP contribution in [0.4, 0.5) is 5.69 Å². The van der Waals surface area contributed by atoms with Gasteiger partial charge in [-0.3, -0.25) is 4.72 Å². The van der Waals surface area contributed by atoms with Crippen LogP contribution in [0.3, 0.4) is 0 Å². The summed E-state index contributed by atoms with van der Waals surface area (Å²) in [6.45, 7) is 2.02. The van der Waals surface area contributed by atoms with Crippen LogP contribution in [0.25, 0.3) is 0 Å². The number of benzene rings is 2. The molecule has 0 aliphatic carbocycles. The first-order valence-corrected chi connectivity index (χ1v) is 9.41. The highest BCUT2D eigenvalue weighted by Gasteiger charge is 2.30. The fourth-order valence-corrected chi connectivity index (χ4v) is 3.57. The van der Waals surface area contributed by atoms with Gasteiger partial charge in [0.1, 0.15) is 0 Å². The lowest BCUT2D eigenvalue weighted by Gasteiger charge is -2.11. The van der Waals surface area contributed by atoms with Gasteiger partial charge >= 0.3 is 11.9 Å². The molecular formula is C18H17NO6S.